The first-order chi connectivity index (χ1) is 12.2. The van der Waals surface area contributed by atoms with Gasteiger partial charge in [-0.25, -0.2) is 0 Å². The van der Waals surface area contributed by atoms with Gasteiger partial charge in [-0.05, 0) is 24.6 Å². The molecule has 0 saturated heterocycles. The number of hydrogen-bond donors (Lipinski definition) is 2. The lowest BCUT2D eigenvalue weighted by Crippen LogP contribution is -2.10. The van der Waals surface area contributed by atoms with Crippen LogP contribution in [0.1, 0.15) is 36.5 Å². The average Bonchev–Trinajstić information content (AvgIpc) is 3.14. The summed E-state index contributed by atoms with van der Waals surface area (Å²) in [6.07, 6.45) is 1.28. The van der Waals surface area contributed by atoms with Gasteiger partial charge in [0.05, 0.1) is 5.57 Å². The van der Waals surface area contributed by atoms with Crippen LogP contribution in [0.5, 0.6) is 0 Å². The van der Waals surface area contributed by atoms with Crippen molar-refractivity contribution in [3.8, 4) is 0 Å². The van der Waals surface area contributed by atoms with Gasteiger partial charge in [0.1, 0.15) is 12.4 Å². The van der Waals surface area contributed by atoms with E-state index in [9.17, 15) is 9.59 Å². The molecular weight excluding hydrogens is 316 g/mol. The monoisotopic (exact) mass is 334 g/mol. The number of ether oxygens (including phenoxy) is 1. The van der Waals surface area contributed by atoms with Crippen LogP contribution in [0.25, 0.3) is 11.3 Å². The number of fused-ring (bicyclic) bond motifs is 2. The molecule has 0 saturated carbocycles. The van der Waals surface area contributed by atoms with E-state index in [0.29, 0.717) is 30.0 Å². The molecule has 0 spiro atoms. The smallest absolute Gasteiger partial charge is 0.260 e. The molecule has 0 radical (unpaired) electrons. The van der Waals surface area contributed by atoms with Gasteiger partial charge in [0.25, 0.3) is 5.91 Å². The zero-order valence-corrected chi connectivity index (χ0v) is 13.9. The van der Waals surface area contributed by atoms with E-state index in [1.54, 1.807) is 0 Å². The van der Waals surface area contributed by atoms with Crippen LogP contribution in [-0.2, 0) is 20.9 Å². The number of carbonyl (C=O) groups is 2. The molecule has 0 aliphatic carbocycles. The Bertz CT molecular complexity index is 915. The van der Waals surface area contributed by atoms with Crippen molar-refractivity contribution in [2.24, 2.45) is 0 Å². The van der Waals surface area contributed by atoms with Gasteiger partial charge in [-0.3, -0.25) is 9.59 Å². The second-order valence-electron chi connectivity index (χ2n) is 6.16. The Hall–Kier alpha value is -3.08. The third-order valence-corrected chi connectivity index (χ3v) is 4.39. The van der Waals surface area contributed by atoms with E-state index in [2.05, 4.69) is 10.6 Å². The Kier molecular flexibility index (Phi) is 3.76. The predicted octanol–water partition coefficient (Wildman–Crippen LogP) is 3.78. The minimum absolute atomic E-state index is 0.0143. The van der Waals surface area contributed by atoms with Gasteiger partial charge in [0, 0.05) is 34.5 Å². The van der Waals surface area contributed by atoms with E-state index in [4.69, 9.17) is 4.74 Å². The number of rotatable bonds is 3. The lowest BCUT2D eigenvalue weighted by atomic mass is 10.00. The molecule has 5 nitrogen and oxygen atoms in total. The fourth-order valence-corrected chi connectivity index (χ4v) is 3.22. The molecule has 2 aliphatic heterocycles. The number of hydrogen-bond acceptors (Lipinski definition) is 3. The molecule has 0 aromatic heterocycles. The second kappa shape index (κ2) is 6.09. The van der Waals surface area contributed by atoms with Gasteiger partial charge >= 0.3 is 0 Å². The Balaban J connectivity index is 1.77. The van der Waals surface area contributed by atoms with Crippen LogP contribution in [0.15, 0.2) is 42.5 Å². The summed E-state index contributed by atoms with van der Waals surface area (Å²) in [6.45, 7) is 2.39. The van der Waals surface area contributed by atoms with Crippen molar-refractivity contribution in [2.75, 3.05) is 10.6 Å². The molecule has 0 atom stereocenters. The fourth-order valence-electron chi connectivity index (χ4n) is 3.22. The van der Waals surface area contributed by atoms with Crippen LogP contribution in [0.3, 0.4) is 0 Å². The largest absolute Gasteiger partial charge is 0.487 e. The molecule has 0 bridgehead atoms. The van der Waals surface area contributed by atoms with E-state index in [0.717, 1.165) is 28.8 Å². The average molecular weight is 334 g/mol. The minimum Gasteiger partial charge on any atom is -0.487 e. The van der Waals surface area contributed by atoms with Crippen molar-refractivity contribution >= 4 is 34.5 Å². The molecule has 25 heavy (non-hydrogen) atoms. The zero-order valence-electron chi connectivity index (χ0n) is 13.9. The summed E-state index contributed by atoms with van der Waals surface area (Å²) in [7, 11) is 0. The van der Waals surface area contributed by atoms with Crippen molar-refractivity contribution in [3.63, 3.8) is 0 Å². The predicted molar refractivity (Wildman–Crippen MR) is 96.7 cm³/mol. The summed E-state index contributed by atoms with van der Waals surface area (Å²) >= 11 is 0. The van der Waals surface area contributed by atoms with Crippen LogP contribution >= 0.6 is 0 Å². The number of para-hydroxylation sites is 1. The third-order valence-electron chi connectivity index (χ3n) is 4.39. The van der Waals surface area contributed by atoms with Gasteiger partial charge in [-0.1, -0.05) is 31.2 Å². The molecule has 2 aromatic carbocycles. The molecule has 0 unspecified atom stereocenters. The number of benzene rings is 2. The van der Waals surface area contributed by atoms with Crippen LogP contribution < -0.4 is 10.6 Å². The number of amides is 2. The normalized spacial score (nSPS) is 17.6. The first-order valence-corrected chi connectivity index (χ1v) is 8.38. The third kappa shape index (κ3) is 2.67. The molecular formula is C20H18N2O3. The van der Waals surface area contributed by atoms with E-state index >= 15 is 0 Å². The summed E-state index contributed by atoms with van der Waals surface area (Å²) in [5, 5.41) is 5.77. The lowest BCUT2D eigenvalue weighted by molar-refractivity contribution is -0.116. The highest BCUT2D eigenvalue weighted by Crippen LogP contribution is 2.42. The Morgan fingerprint density at radius 2 is 2.04 bits per heavy atom. The summed E-state index contributed by atoms with van der Waals surface area (Å²) in [5.74, 6) is 0.396. The van der Waals surface area contributed by atoms with Gasteiger partial charge in [0.15, 0.2) is 0 Å². The van der Waals surface area contributed by atoms with Crippen molar-refractivity contribution in [1.82, 2.24) is 0 Å². The maximum Gasteiger partial charge on any atom is 0.260 e. The van der Waals surface area contributed by atoms with Crippen LogP contribution in [0.2, 0.25) is 0 Å². The van der Waals surface area contributed by atoms with Gasteiger partial charge in [0.2, 0.25) is 5.91 Å². The molecule has 126 valence electrons. The first-order valence-electron chi connectivity index (χ1n) is 8.38. The Labute approximate surface area is 145 Å². The van der Waals surface area contributed by atoms with Gasteiger partial charge in [-0.15, -0.1) is 0 Å². The van der Waals surface area contributed by atoms with Gasteiger partial charge in [-0.2, -0.15) is 0 Å². The fraction of sp³-hybridized carbons (Fsp3) is 0.200. The number of anilines is 2. The van der Waals surface area contributed by atoms with Crippen molar-refractivity contribution in [2.45, 2.75) is 26.4 Å². The summed E-state index contributed by atoms with van der Waals surface area (Å²) < 4.78 is 5.85. The van der Waals surface area contributed by atoms with Gasteiger partial charge < -0.3 is 15.4 Å². The Morgan fingerprint density at radius 1 is 1.20 bits per heavy atom. The first kappa shape index (κ1) is 15.4. The molecule has 2 aromatic rings. The lowest BCUT2D eigenvalue weighted by Gasteiger charge is -2.08. The van der Waals surface area contributed by atoms with Crippen molar-refractivity contribution in [1.29, 1.82) is 0 Å². The van der Waals surface area contributed by atoms with E-state index in [1.807, 2.05) is 49.4 Å². The topological polar surface area (TPSA) is 67.4 Å². The second-order valence-corrected chi connectivity index (χ2v) is 6.16. The maximum atomic E-state index is 12.5. The van der Waals surface area contributed by atoms with E-state index < -0.39 is 0 Å². The summed E-state index contributed by atoms with van der Waals surface area (Å²) in [5.41, 5.74) is 4.76. The molecule has 2 heterocycles. The zero-order chi connectivity index (χ0) is 17.4. The molecule has 0 fully saturated rings. The van der Waals surface area contributed by atoms with E-state index in [-0.39, 0.29) is 11.8 Å². The number of nitrogens with one attached hydrogen (secondary N) is 2. The standard InChI is InChI=1S/C20H18N2O3/c1-2-5-17(23)21-13-9-8-12-11-25-19(15(12)10-13)18-14-6-3-4-7-16(14)22-20(18)24/h3-4,6-10H,2,5,11H2,1H3,(H,21,23)(H,22,24)/b19-18-. The highest BCUT2D eigenvalue weighted by atomic mass is 16.5. The molecule has 2 amide bonds. The van der Waals surface area contributed by atoms with Crippen molar-refractivity contribution in [3.05, 3.63) is 59.2 Å². The molecule has 2 N–H and O–H groups in total. The molecule has 5 heteroatoms. The molecule has 2 aliphatic rings. The van der Waals surface area contributed by atoms with Crippen molar-refractivity contribution < 1.29 is 14.3 Å². The Morgan fingerprint density at radius 3 is 2.88 bits per heavy atom. The van der Waals surface area contributed by atoms with Crippen LogP contribution in [0, 0.1) is 0 Å². The highest BCUT2D eigenvalue weighted by Gasteiger charge is 2.32. The minimum atomic E-state index is -0.163. The highest BCUT2D eigenvalue weighted by molar-refractivity contribution is 6.36. The number of carbonyl (C=O) groups excluding carboxylic acids is 2. The summed E-state index contributed by atoms with van der Waals surface area (Å²) in [4.78, 5) is 24.3. The summed E-state index contributed by atoms with van der Waals surface area (Å²) in [6, 6.07) is 13.2. The van der Waals surface area contributed by atoms with Crippen LogP contribution in [-0.4, -0.2) is 11.8 Å². The SMILES string of the molecule is CCCC(=O)Nc1ccc2c(c1)/C(=C1/C(=O)Nc3ccccc31)OC2. The quantitative estimate of drug-likeness (QED) is 0.840. The molecule has 4 rings (SSSR count). The maximum absolute atomic E-state index is 12.5. The van der Waals surface area contributed by atoms with Crippen LogP contribution in [0.4, 0.5) is 11.4 Å². The van der Waals surface area contributed by atoms with E-state index in [1.165, 1.54) is 0 Å².